The average Bonchev–Trinajstić information content (AvgIpc) is 2.92. The zero-order valence-corrected chi connectivity index (χ0v) is 11.7. The minimum atomic E-state index is -4.07. The summed E-state index contributed by atoms with van der Waals surface area (Å²) in [5.74, 6) is -0.415. The van der Waals surface area contributed by atoms with E-state index in [1.165, 1.54) is 0 Å². The second-order valence-electron chi connectivity index (χ2n) is 5.61. The van der Waals surface area contributed by atoms with E-state index >= 15 is 0 Å². The summed E-state index contributed by atoms with van der Waals surface area (Å²) in [6, 6.07) is 3.54. The molecule has 1 aromatic heterocycles. The molecule has 1 aromatic rings. The van der Waals surface area contributed by atoms with Crippen LogP contribution in [0.1, 0.15) is 50.8 Å². The molecule has 0 amide bonds. The zero-order valence-electron chi connectivity index (χ0n) is 11.7. The molecular weight excluding hydrogens is 267 g/mol. The van der Waals surface area contributed by atoms with Gasteiger partial charge in [-0.3, -0.25) is 0 Å². The third-order valence-corrected chi connectivity index (χ3v) is 4.11. The highest BCUT2D eigenvalue weighted by molar-refractivity contribution is 5.07. The van der Waals surface area contributed by atoms with E-state index in [1.54, 1.807) is 12.3 Å². The Bertz CT molecular complexity index is 388. The summed E-state index contributed by atoms with van der Waals surface area (Å²) < 4.78 is 44.2. The van der Waals surface area contributed by atoms with Gasteiger partial charge in [0, 0.05) is 0 Å². The molecule has 3 atom stereocenters. The van der Waals surface area contributed by atoms with Crippen LogP contribution in [0.2, 0.25) is 0 Å². The van der Waals surface area contributed by atoms with Gasteiger partial charge in [0.2, 0.25) is 0 Å². The summed E-state index contributed by atoms with van der Waals surface area (Å²) in [6.45, 7) is 2.84. The van der Waals surface area contributed by atoms with Gasteiger partial charge in [-0.15, -0.1) is 0 Å². The SMILES string of the molecule is CCCNC(c1ccco1)C1CCCC(C(F)(F)F)C1. The van der Waals surface area contributed by atoms with Crippen molar-refractivity contribution in [2.24, 2.45) is 11.8 Å². The Morgan fingerprint density at radius 1 is 1.40 bits per heavy atom. The summed E-state index contributed by atoms with van der Waals surface area (Å²) >= 11 is 0. The molecule has 2 rings (SSSR count). The van der Waals surface area contributed by atoms with Crippen LogP contribution in [0.4, 0.5) is 13.2 Å². The molecule has 1 aliphatic rings. The summed E-state index contributed by atoms with van der Waals surface area (Å²) in [5, 5.41) is 3.35. The van der Waals surface area contributed by atoms with Gasteiger partial charge in [0.05, 0.1) is 18.2 Å². The van der Waals surface area contributed by atoms with Crippen molar-refractivity contribution in [3.63, 3.8) is 0 Å². The molecule has 0 aliphatic heterocycles. The fraction of sp³-hybridized carbons (Fsp3) is 0.733. The molecule has 0 radical (unpaired) electrons. The molecule has 0 bridgehead atoms. The van der Waals surface area contributed by atoms with E-state index in [1.807, 2.05) is 13.0 Å². The highest BCUT2D eigenvalue weighted by atomic mass is 19.4. The third kappa shape index (κ3) is 3.78. The van der Waals surface area contributed by atoms with E-state index in [9.17, 15) is 13.2 Å². The van der Waals surface area contributed by atoms with Crippen molar-refractivity contribution in [3.8, 4) is 0 Å². The van der Waals surface area contributed by atoms with Crippen LogP contribution < -0.4 is 5.32 Å². The maximum atomic E-state index is 12.9. The van der Waals surface area contributed by atoms with Crippen molar-refractivity contribution in [1.82, 2.24) is 5.32 Å². The van der Waals surface area contributed by atoms with Gasteiger partial charge in [0.1, 0.15) is 5.76 Å². The molecule has 3 unspecified atom stereocenters. The summed E-state index contributed by atoms with van der Waals surface area (Å²) in [6.07, 6.45) is 0.391. The minimum Gasteiger partial charge on any atom is -0.468 e. The molecule has 0 spiro atoms. The molecular formula is C15H22F3NO. The predicted molar refractivity (Wildman–Crippen MR) is 71.2 cm³/mol. The Morgan fingerprint density at radius 3 is 2.80 bits per heavy atom. The number of furan rings is 1. The standard InChI is InChI=1S/C15H22F3NO/c1-2-8-19-14(13-7-4-9-20-13)11-5-3-6-12(10-11)15(16,17)18/h4,7,9,11-12,14,19H,2-3,5-6,8,10H2,1H3. The van der Waals surface area contributed by atoms with Gasteiger partial charge >= 0.3 is 6.18 Å². The molecule has 1 fully saturated rings. The van der Waals surface area contributed by atoms with E-state index in [-0.39, 0.29) is 24.8 Å². The maximum Gasteiger partial charge on any atom is 0.391 e. The van der Waals surface area contributed by atoms with Crippen molar-refractivity contribution in [2.75, 3.05) is 6.54 Å². The smallest absolute Gasteiger partial charge is 0.391 e. The van der Waals surface area contributed by atoms with E-state index in [2.05, 4.69) is 5.32 Å². The first kappa shape index (κ1) is 15.4. The predicted octanol–water partition coefficient (Wildman–Crippen LogP) is 4.69. The lowest BCUT2D eigenvalue weighted by Gasteiger charge is -2.35. The Hall–Kier alpha value is -0.970. The first-order valence-corrected chi connectivity index (χ1v) is 7.36. The molecule has 114 valence electrons. The topological polar surface area (TPSA) is 25.2 Å². The monoisotopic (exact) mass is 289 g/mol. The molecule has 0 saturated heterocycles. The van der Waals surface area contributed by atoms with Crippen LogP contribution in [0.25, 0.3) is 0 Å². The Labute approximate surface area is 117 Å². The molecule has 2 nitrogen and oxygen atoms in total. The summed E-state index contributed by atoms with van der Waals surface area (Å²) in [4.78, 5) is 0. The Kier molecular flexibility index (Phi) is 5.13. The van der Waals surface area contributed by atoms with E-state index < -0.39 is 12.1 Å². The van der Waals surface area contributed by atoms with Gasteiger partial charge in [-0.05, 0) is 50.3 Å². The van der Waals surface area contributed by atoms with Crippen molar-refractivity contribution in [1.29, 1.82) is 0 Å². The molecule has 1 heterocycles. The van der Waals surface area contributed by atoms with Crippen molar-refractivity contribution < 1.29 is 17.6 Å². The van der Waals surface area contributed by atoms with Crippen LogP contribution in [0.3, 0.4) is 0 Å². The van der Waals surface area contributed by atoms with Crippen molar-refractivity contribution in [3.05, 3.63) is 24.2 Å². The second-order valence-corrected chi connectivity index (χ2v) is 5.61. The quantitative estimate of drug-likeness (QED) is 0.850. The van der Waals surface area contributed by atoms with Crippen LogP contribution >= 0.6 is 0 Å². The first-order chi connectivity index (χ1) is 9.52. The van der Waals surface area contributed by atoms with Gasteiger partial charge in [0.15, 0.2) is 0 Å². The molecule has 20 heavy (non-hydrogen) atoms. The van der Waals surface area contributed by atoms with Crippen molar-refractivity contribution >= 4 is 0 Å². The van der Waals surface area contributed by atoms with Gasteiger partial charge < -0.3 is 9.73 Å². The fourth-order valence-corrected chi connectivity index (χ4v) is 3.10. The van der Waals surface area contributed by atoms with Crippen LogP contribution in [0.15, 0.2) is 22.8 Å². The molecule has 0 aromatic carbocycles. The fourth-order valence-electron chi connectivity index (χ4n) is 3.10. The van der Waals surface area contributed by atoms with Crippen molar-refractivity contribution in [2.45, 2.75) is 51.2 Å². The largest absolute Gasteiger partial charge is 0.468 e. The lowest BCUT2D eigenvalue weighted by molar-refractivity contribution is -0.186. The molecule has 1 N–H and O–H groups in total. The van der Waals surface area contributed by atoms with Crippen LogP contribution in [-0.4, -0.2) is 12.7 Å². The van der Waals surface area contributed by atoms with Crippen LogP contribution in [-0.2, 0) is 0 Å². The average molecular weight is 289 g/mol. The highest BCUT2D eigenvalue weighted by Gasteiger charge is 2.44. The number of nitrogens with one attached hydrogen (secondary N) is 1. The Morgan fingerprint density at radius 2 is 2.20 bits per heavy atom. The van der Waals surface area contributed by atoms with Gasteiger partial charge in [0.25, 0.3) is 0 Å². The van der Waals surface area contributed by atoms with Gasteiger partial charge in [-0.25, -0.2) is 0 Å². The lowest BCUT2D eigenvalue weighted by atomic mass is 9.77. The third-order valence-electron chi connectivity index (χ3n) is 4.11. The normalized spacial score (nSPS) is 25.6. The number of rotatable bonds is 5. The lowest BCUT2D eigenvalue weighted by Crippen LogP contribution is -2.35. The maximum absolute atomic E-state index is 12.9. The summed E-state index contributed by atoms with van der Waals surface area (Å²) in [7, 11) is 0. The van der Waals surface area contributed by atoms with Gasteiger partial charge in [-0.1, -0.05) is 13.3 Å². The summed E-state index contributed by atoms with van der Waals surface area (Å²) in [5.41, 5.74) is 0. The number of alkyl halides is 3. The number of hydrogen-bond donors (Lipinski definition) is 1. The van der Waals surface area contributed by atoms with Crippen LogP contribution in [0, 0.1) is 11.8 Å². The molecule has 1 saturated carbocycles. The molecule has 1 aliphatic carbocycles. The Balaban J connectivity index is 2.08. The highest BCUT2D eigenvalue weighted by Crippen LogP contribution is 2.43. The van der Waals surface area contributed by atoms with E-state index in [0.717, 1.165) is 25.1 Å². The number of halogens is 3. The van der Waals surface area contributed by atoms with E-state index in [0.29, 0.717) is 6.42 Å². The first-order valence-electron chi connectivity index (χ1n) is 7.36. The second kappa shape index (κ2) is 6.66. The van der Waals surface area contributed by atoms with Gasteiger partial charge in [-0.2, -0.15) is 13.2 Å². The molecule has 5 heteroatoms. The van der Waals surface area contributed by atoms with E-state index in [4.69, 9.17) is 4.42 Å². The zero-order chi connectivity index (χ0) is 14.6. The van der Waals surface area contributed by atoms with Crippen LogP contribution in [0.5, 0.6) is 0 Å². The number of hydrogen-bond acceptors (Lipinski definition) is 2. The minimum absolute atomic E-state index is 0.00641.